The van der Waals surface area contributed by atoms with Gasteiger partial charge in [0.1, 0.15) is 6.54 Å². The molecule has 2 amide bonds. The van der Waals surface area contributed by atoms with E-state index in [0.29, 0.717) is 17.9 Å². The summed E-state index contributed by atoms with van der Waals surface area (Å²) >= 11 is 0. The number of hydrogen-bond acceptors (Lipinski definition) is 4. The van der Waals surface area contributed by atoms with Crippen LogP contribution in [0.25, 0.3) is 5.65 Å². The Balaban J connectivity index is 1.51. The molecule has 2 aromatic heterocycles. The van der Waals surface area contributed by atoms with Gasteiger partial charge in [0.25, 0.3) is 0 Å². The fraction of sp³-hybridized carbons (Fsp3) is 0.222. The number of aromatic nitrogens is 3. The Kier molecular flexibility index (Phi) is 3.80. The Bertz CT molecular complexity index is 1080. The smallest absolute Gasteiger partial charge is 0.324 e. The third kappa shape index (κ3) is 2.75. The van der Waals surface area contributed by atoms with Crippen molar-refractivity contribution in [1.29, 1.82) is 0 Å². The molecule has 0 bridgehead atoms. The SMILES string of the molecule is CC(=O)N1CCc2cc(NC(=O)Cn3nc4ccccn4c3=O)ccc21. The van der Waals surface area contributed by atoms with E-state index in [2.05, 4.69) is 10.4 Å². The molecule has 3 heterocycles. The summed E-state index contributed by atoms with van der Waals surface area (Å²) in [5, 5.41) is 6.93. The van der Waals surface area contributed by atoms with Gasteiger partial charge in [-0.1, -0.05) is 6.07 Å². The number of carbonyl (C=O) groups excluding carboxylic acids is 2. The molecule has 1 aliphatic rings. The highest BCUT2D eigenvalue weighted by atomic mass is 16.2. The summed E-state index contributed by atoms with van der Waals surface area (Å²) in [6.45, 7) is 2.02. The zero-order valence-electron chi connectivity index (χ0n) is 14.2. The molecule has 0 saturated heterocycles. The van der Waals surface area contributed by atoms with Crippen LogP contribution in [0, 0.1) is 0 Å². The van der Waals surface area contributed by atoms with Crippen LogP contribution < -0.4 is 15.9 Å². The van der Waals surface area contributed by atoms with Crippen molar-refractivity contribution in [1.82, 2.24) is 14.2 Å². The molecule has 3 aromatic rings. The number of rotatable bonds is 3. The highest BCUT2D eigenvalue weighted by Crippen LogP contribution is 2.30. The summed E-state index contributed by atoms with van der Waals surface area (Å²) in [5.41, 5.74) is 2.67. The molecule has 0 aliphatic carbocycles. The van der Waals surface area contributed by atoms with Crippen molar-refractivity contribution in [3.05, 3.63) is 58.6 Å². The molecule has 0 saturated carbocycles. The molecule has 0 radical (unpaired) electrons. The van der Waals surface area contributed by atoms with Gasteiger partial charge in [-0.15, -0.1) is 5.10 Å². The minimum absolute atomic E-state index is 0.00626. The molecule has 0 spiro atoms. The number of nitrogens with one attached hydrogen (secondary N) is 1. The maximum atomic E-state index is 12.3. The van der Waals surface area contributed by atoms with Gasteiger partial charge in [0.05, 0.1) is 0 Å². The Labute approximate surface area is 148 Å². The summed E-state index contributed by atoms with van der Waals surface area (Å²) in [6.07, 6.45) is 2.37. The molecule has 8 nitrogen and oxygen atoms in total. The van der Waals surface area contributed by atoms with Gasteiger partial charge < -0.3 is 10.2 Å². The molecular formula is C18H17N5O3. The van der Waals surface area contributed by atoms with Gasteiger partial charge in [-0.05, 0) is 42.3 Å². The summed E-state index contributed by atoms with van der Waals surface area (Å²) in [7, 11) is 0. The molecule has 132 valence electrons. The Hall–Kier alpha value is -3.42. The number of pyridine rings is 1. The van der Waals surface area contributed by atoms with Crippen LogP contribution in [0.3, 0.4) is 0 Å². The summed E-state index contributed by atoms with van der Waals surface area (Å²) in [6, 6.07) is 10.7. The lowest BCUT2D eigenvalue weighted by atomic mass is 10.1. The van der Waals surface area contributed by atoms with Crippen molar-refractivity contribution >= 4 is 28.8 Å². The number of nitrogens with zero attached hydrogens (tertiary/aromatic N) is 4. The molecule has 0 unspecified atom stereocenters. The van der Waals surface area contributed by atoms with Crippen molar-refractivity contribution in [2.45, 2.75) is 19.9 Å². The maximum Gasteiger partial charge on any atom is 0.350 e. The molecule has 1 aromatic carbocycles. The van der Waals surface area contributed by atoms with E-state index in [1.165, 1.54) is 11.3 Å². The summed E-state index contributed by atoms with van der Waals surface area (Å²) < 4.78 is 2.52. The zero-order chi connectivity index (χ0) is 18.3. The average Bonchev–Trinajstić information content (AvgIpc) is 3.17. The van der Waals surface area contributed by atoms with Crippen LogP contribution in [-0.4, -0.2) is 32.5 Å². The van der Waals surface area contributed by atoms with Crippen molar-refractivity contribution in [2.75, 3.05) is 16.8 Å². The van der Waals surface area contributed by atoms with Crippen LogP contribution in [0.4, 0.5) is 11.4 Å². The van der Waals surface area contributed by atoms with Crippen LogP contribution in [-0.2, 0) is 22.6 Å². The maximum absolute atomic E-state index is 12.3. The Morgan fingerprint density at radius 2 is 2.08 bits per heavy atom. The third-order valence-electron chi connectivity index (χ3n) is 4.42. The van der Waals surface area contributed by atoms with Crippen LogP contribution in [0.15, 0.2) is 47.4 Å². The fourth-order valence-corrected chi connectivity index (χ4v) is 3.21. The summed E-state index contributed by atoms with van der Waals surface area (Å²) in [5.74, 6) is -0.330. The molecule has 8 heteroatoms. The lowest BCUT2D eigenvalue weighted by Crippen LogP contribution is -2.28. The fourth-order valence-electron chi connectivity index (χ4n) is 3.21. The van der Waals surface area contributed by atoms with Crippen LogP contribution in [0.2, 0.25) is 0 Å². The predicted molar refractivity (Wildman–Crippen MR) is 96.3 cm³/mol. The van der Waals surface area contributed by atoms with E-state index < -0.39 is 0 Å². The molecule has 1 N–H and O–H groups in total. The number of hydrogen-bond donors (Lipinski definition) is 1. The van der Waals surface area contributed by atoms with E-state index in [-0.39, 0.29) is 24.0 Å². The van der Waals surface area contributed by atoms with Gasteiger partial charge in [0.15, 0.2) is 5.65 Å². The van der Waals surface area contributed by atoms with E-state index in [1.54, 1.807) is 35.4 Å². The number of anilines is 2. The highest BCUT2D eigenvalue weighted by Gasteiger charge is 2.22. The lowest BCUT2D eigenvalue weighted by molar-refractivity contribution is -0.117. The first-order valence-corrected chi connectivity index (χ1v) is 8.28. The quantitative estimate of drug-likeness (QED) is 0.764. The number of amides is 2. The first-order valence-electron chi connectivity index (χ1n) is 8.28. The van der Waals surface area contributed by atoms with E-state index >= 15 is 0 Å². The largest absolute Gasteiger partial charge is 0.350 e. The number of carbonyl (C=O) groups is 2. The van der Waals surface area contributed by atoms with Crippen molar-refractivity contribution in [2.24, 2.45) is 0 Å². The highest BCUT2D eigenvalue weighted by molar-refractivity contribution is 5.95. The first-order chi connectivity index (χ1) is 12.5. The van der Waals surface area contributed by atoms with E-state index in [1.807, 2.05) is 12.1 Å². The van der Waals surface area contributed by atoms with E-state index in [0.717, 1.165) is 22.4 Å². The van der Waals surface area contributed by atoms with Gasteiger partial charge in [0, 0.05) is 31.0 Å². The minimum atomic E-state index is -0.359. The zero-order valence-corrected chi connectivity index (χ0v) is 14.2. The second-order valence-corrected chi connectivity index (χ2v) is 6.18. The lowest BCUT2D eigenvalue weighted by Gasteiger charge is -2.15. The van der Waals surface area contributed by atoms with Gasteiger partial charge in [-0.3, -0.25) is 14.0 Å². The molecular weight excluding hydrogens is 334 g/mol. The standard InChI is InChI=1S/C18H17N5O3/c1-12(24)21-9-7-13-10-14(5-6-15(13)21)19-17(25)11-23-18(26)22-8-3-2-4-16(22)20-23/h2-6,8,10H,7,9,11H2,1H3,(H,19,25). The van der Waals surface area contributed by atoms with E-state index in [9.17, 15) is 14.4 Å². The van der Waals surface area contributed by atoms with Gasteiger partial charge in [0.2, 0.25) is 11.8 Å². The topological polar surface area (TPSA) is 88.7 Å². The van der Waals surface area contributed by atoms with Crippen LogP contribution >= 0.6 is 0 Å². The second kappa shape index (κ2) is 6.14. The van der Waals surface area contributed by atoms with E-state index in [4.69, 9.17) is 0 Å². The molecule has 0 atom stereocenters. The minimum Gasteiger partial charge on any atom is -0.324 e. The number of fused-ring (bicyclic) bond motifs is 2. The molecule has 1 aliphatic heterocycles. The van der Waals surface area contributed by atoms with Crippen molar-refractivity contribution in [3.63, 3.8) is 0 Å². The van der Waals surface area contributed by atoms with Crippen molar-refractivity contribution < 1.29 is 9.59 Å². The molecule has 26 heavy (non-hydrogen) atoms. The average molecular weight is 351 g/mol. The predicted octanol–water partition coefficient (Wildman–Crippen LogP) is 1.04. The second-order valence-electron chi connectivity index (χ2n) is 6.18. The first kappa shape index (κ1) is 16.1. The Morgan fingerprint density at radius 3 is 2.85 bits per heavy atom. The molecule has 4 rings (SSSR count). The van der Waals surface area contributed by atoms with Gasteiger partial charge in [-0.2, -0.15) is 0 Å². The molecule has 0 fully saturated rings. The monoisotopic (exact) mass is 351 g/mol. The van der Waals surface area contributed by atoms with Gasteiger partial charge >= 0.3 is 5.69 Å². The van der Waals surface area contributed by atoms with Crippen molar-refractivity contribution in [3.8, 4) is 0 Å². The van der Waals surface area contributed by atoms with Crippen LogP contribution in [0.5, 0.6) is 0 Å². The van der Waals surface area contributed by atoms with Gasteiger partial charge in [-0.25, -0.2) is 9.48 Å². The number of benzene rings is 1. The van der Waals surface area contributed by atoms with Crippen LogP contribution in [0.1, 0.15) is 12.5 Å². The third-order valence-corrected chi connectivity index (χ3v) is 4.42. The normalized spacial score (nSPS) is 13.0. The summed E-state index contributed by atoms with van der Waals surface area (Å²) in [4.78, 5) is 37.8. The Morgan fingerprint density at radius 1 is 1.23 bits per heavy atom.